The fourth-order valence-electron chi connectivity index (χ4n) is 1.20. The molecule has 0 aliphatic rings. The number of carbonyl (C=O) groups excluding carboxylic acids is 1. The summed E-state index contributed by atoms with van der Waals surface area (Å²) in [6, 6.07) is 4.39. The Bertz CT molecular complexity index is 382. The van der Waals surface area contributed by atoms with Gasteiger partial charge < -0.3 is 20.5 Å². The molecule has 100 valence electrons. The maximum atomic E-state index is 11.5. The molecule has 0 aliphatic carbocycles. The van der Waals surface area contributed by atoms with Gasteiger partial charge in [-0.15, -0.1) is 0 Å². The Morgan fingerprint density at radius 2 is 1.89 bits per heavy atom. The van der Waals surface area contributed by atoms with Crippen molar-refractivity contribution in [2.45, 2.75) is 0 Å². The van der Waals surface area contributed by atoms with Crippen molar-refractivity contribution in [2.24, 2.45) is 0 Å². The van der Waals surface area contributed by atoms with Gasteiger partial charge in [-0.25, -0.2) is 4.79 Å². The van der Waals surface area contributed by atoms with E-state index in [1.54, 1.807) is 18.2 Å². The summed E-state index contributed by atoms with van der Waals surface area (Å²) in [4.78, 5) is 11.5. The Morgan fingerprint density at radius 1 is 1.22 bits per heavy atom. The highest BCUT2D eigenvalue weighted by Crippen LogP contribution is 2.22. The Balaban J connectivity index is 2.31. The van der Waals surface area contributed by atoms with Gasteiger partial charge in [-0.2, -0.15) is 0 Å². The van der Waals surface area contributed by atoms with Gasteiger partial charge in [0.25, 0.3) is 0 Å². The number of carbonyl (C=O) groups is 1. The number of benzene rings is 1. The predicted octanol–water partition coefficient (Wildman–Crippen LogP) is 2.12. The van der Waals surface area contributed by atoms with Crippen molar-refractivity contribution >= 4 is 34.9 Å². The van der Waals surface area contributed by atoms with Crippen molar-refractivity contribution in [3.8, 4) is 0 Å². The first-order chi connectivity index (χ1) is 8.61. The van der Waals surface area contributed by atoms with Gasteiger partial charge in [0.1, 0.15) is 0 Å². The molecule has 0 aliphatic heterocycles. The topological polar surface area (TPSA) is 70.6 Å². The zero-order valence-electron chi connectivity index (χ0n) is 9.58. The zero-order chi connectivity index (χ0) is 13.4. The van der Waals surface area contributed by atoms with Crippen LogP contribution in [0.4, 0.5) is 10.5 Å². The van der Waals surface area contributed by atoms with Crippen LogP contribution in [0.5, 0.6) is 0 Å². The molecule has 1 rings (SSSR count). The van der Waals surface area contributed by atoms with Gasteiger partial charge in [-0.3, -0.25) is 0 Å². The number of nitrogens with one attached hydrogen (secondary N) is 2. The number of anilines is 1. The second kappa shape index (κ2) is 8.16. The minimum Gasteiger partial charge on any atom is -0.394 e. The number of hydrogen-bond acceptors (Lipinski definition) is 3. The molecular weight excluding hydrogens is 279 g/mol. The van der Waals surface area contributed by atoms with E-state index in [0.717, 1.165) is 0 Å². The number of ether oxygens (including phenoxy) is 1. The van der Waals surface area contributed by atoms with Gasteiger partial charge in [0.2, 0.25) is 0 Å². The molecule has 0 heterocycles. The largest absolute Gasteiger partial charge is 0.394 e. The molecule has 0 atom stereocenters. The summed E-state index contributed by atoms with van der Waals surface area (Å²) >= 11 is 11.6. The Labute approximate surface area is 115 Å². The summed E-state index contributed by atoms with van der Waals surface area (Å²) in [5.74, 6) is 0. The number of amides is 2. The Morgan fingerprint density at radius 3 is 2.50 bits per heavy atom. The van der Waals surface area contributed by atoms with Crippen LogP contribution in [0.1, 0.15) is 0 Å². The van der Waals surface area contributed by atoms with Gasteiger partial charge in [-0.1, -0.05) is 23.2 Å². The fourth-order valence-corrected chi connectivity index (χ4v) is 1.73. The van der Waals surface area contributed by atoms with Gasteiger partial charge in [0, 0.05) is 22.3 Å². The number of urea groups is 1. The highest BCUT2D eigenvalue weighted by atomic mass is 35.5. The lowest BCUT2D eigenvalue weighted by Gasteiger charge is -2.08. The monoisotopic (exact) mass is 292 g/mol. The molecule has 0 aromatic heterocycles. The highest BCUT2D eigenvalue weighted by molar-refractivity contribution is 6.35. The van der Waals surface area contributed by atoms with Gasteiger partial charge in [-0.05, 0) is 18.2 Å². The van der Waals surface area contributed by atoms with E-state index in [1.807, 2.05) is 0 Å². The lowest BCUT2D eigenvalue weighted by molar-refractivity contribution is 0.0950. The van der Waals surface area contributed by atoms with Gasteiger partial charge >= 0.3 is 6.03 Å². The van der Waals surface area contributed by atoms with E-state index in [-0.39, 0.29) is 19.2 Å². The molecule has 0 fully saturated rings. The predicted molar refractivity (Wildman–Crippen MR) is 71.4 cm³/mol. The quantitative estimate of drug-likeness (QED) is 0.704. The number of rotatable bonds is 6. The first-order valence-electron chi connectivity index (χ1n) is 5.31. The molecule has 0 bridgehead atoms. The third-order valence-electron chi connectivity index (χ3n) is 1.89. The summed E-state index contributed by atoms with van der Waals surface area (Å²) in [6.45, 7) is 0.908. The van der Waals surface area contributed by atoms with Crippen molar-refractivity contribution in [2.75, 3.05) is 31.7 Å². The van der Waals surface area contributed by atoms with Crippen LogP contribution in [0.3, 0.4) is 0 Å². The van der Waals surface area contributed by atoms with Crippen LogP contribution in [-0.4, -0.2) is 37.5 Å². The molecular formula is C11H14Cl2N2O3. The van der Waals surface area contributed by atoms with E-state index >= 15 is 0 Å². The number of hydrogen-bond donors (Lipinski definition) is 3. The molecule has 2 amide bonds. The van der Waals surface area contributed by atoms with E-state index in [1.165, 1.54) is 0 Å². The van der Waals surface area contributed by atoms with Crippen LogP contribution in [0.2, 0.25) is 10.0 Å². The molecule has 0 radical (unpaired) electrons. The highest BCUT2D eigenvalue weighted by Gasteiger charge is 2.03. The third-order valence-corrected chi connectivity index (χ3v) is 2.32. The maximum Gasteiger partial charge on any atom is 0.319 e. The summed E-state index contributed by atoms with van der Waals surface area (Å²) in [6.07, 6.45) is 0. The Kier molecular flexibility index (Phi) is 6.82. The van der Waals surface area contributed by atoms with Gasteiger partial charge in [0.15, 0.2) is 0 Å². The second-order valence-corrected chi connectivity index (χ2v) is 4.25. The van der Waals surface area contributed by atoms with Crippen LogP contribution in [-0.2, 0) is 4.74 Å². The van der Waals surface area contributed by atoms with Crippen molar-refractivity contribution in [3.05, 3.63) is 28.2 Å². The van der Waals surface area contributed by atoms with E-state index in [2.05, 4.69) is 10.6 Å². The van der Waals surface area contributed by atoms with Crippen molar-refractivity contribution in [3.63, 3.8) is 0 Å². The lowest BCUT2D eigenvalue weighted by atomic mass is 10.3. The number of halogens is 2. The molecule has 0 spiro atoms. The summed E-state index contributed by atoms with van der Waals surface area (Å²) in [5, 5.41) is 14.5. The molecule has 1 aromatic carbocycles. The first-order valence-corrected chi connectivity index (χ1v) is 6.07. The van der Waals surface area contributed by atoms with Crippen molar-refractivity contribution in [1.29, 1.82) is 0 Å². The number of aliphatic hydroxyl groups excluding tert-OH is 1. The minimum absolute atomic E-state index is 0.0345. The van der Waals surface area contributed by atoms with Crippen LogP contribution in [0.25, 0.3) is 0 Å². The molecule has 0 saturated carbocycles. The van der Waals surface area contributed by atoms with E-state index < -0.39 is 0 Å². The minimum atomic E-state index is -0.374. The summed E-state index contributed by atoms with van der Waals surface area (Å²) in [5.41, 5.74) is 0.515. The lowest BCUT2D eigenvalue weighted by Crippen LogP contribution is -2.31. The SMILES string of the molecule is O=C(NCCOCCO)Nc1cc(Cl)cc(Cl)c1. The zero-order valence-corrected chi connectivity index (χ0v) is 11.1. The van der Waals surface area contributed by atoms with E-state index in [9.17, 15) is 4.79 Å². The van der Waals surface area contributed by atoms with Crippen LogP contribution in [0, 0.1) is 0 Å². The second-order valence-electron chi connectivity index (χ2n) is 3.38. The fraction of sp³-hybridized carbons (Fsp3) is 0.364. The number of aliphatic hydroxyl groups is 1. The summed E-state index contributed by atoms with van der Waals surface area (Å²) in [7, 11) is 0. The van der Waals surface area contributed by atoms with E-state index in [4.69, 9.17) is 33.0 Å². The smallest absolute Gasteiger partial charge is 0.319 e. The molecule has 5 nitrogen and oxygen atoms in total. The molecule has 1 aromatic rings. The Hall–Kier alpha value is -1.01. The first kappa shape index (κ1) is 15.0. The molecule has 0 unspecified atom stereocenters. The molecule has 0 saturated heterocycles. The average Bonchev–Trinajstić information content (AvgIpc) is 2.27. The molecule has 3 N–H and O–H groups in total. The van der Waals surface area contributed by atoms with Crippen LogP contribution < -0.4 is 10.6 Å². The van der Waals surface area contributed by atoms with Crippen LogP contribution >= 0.6 is 23.2 Å². The standard InChI is InChI=1S/C11H14Cl2N2O3/c12-8-5-9(13)7-10(6-8)15-11(17)14-1-3-18-4-2-16/h5-7,16H,1-4H2,(H2,14,15,17). The maximum absolute atomic E-state index is 11.5. The molecule has 7 heteroatoms. The van der Waals surface area contributed by atoms with Crippen LogP contribution in [0.15, 0.2) is 18.2 Å². The molecule has 18 heavy (non-hydrogen) atoms. The normalized spacial score (nSPS) is 10.2. The summed E-state index contributed by atoms with van der Waals surface area (Å²) < 4.78 is 4.99. The third kappa shape index (κ3) is 6.07. The van der Waals surface area contributed by atoms with Crippen molar-refractivity contribution in [1.82, 2.24) is 5.32 Å². The average molecular weight is 293 g/mol. The van der Waals surface area contributed by atoms with E-state index in [0.29, 0.717) is 28.9 Å². The van der Waals surface area contributed by atoms with Gasteiger partial charge in [0.05, 0.1) is 19.8 Å². The van der Waals surface area contributed by atoms with Crippen molar-refractivity contribution < 1.29 is 14.6 Å².